The molecule has 25 heavy (non-hydrogen) atoms. The number of anilines is 1. The number of fused-ring (bicyclic) bond motifs is 1. The first-order chi connectivity index (χ1) is 12.0. The molecule has 0 spiro atoms. The summed E-state index contributed by atoms with van der Waals surface area (Å²) in [7, 11) is 1.49. The summed E-state index contributed by atoms with van der Waals surface area (Å²) in [6.07, 6.45) is 0. The van der Waals surface area contributed by atoms with Crippen LogP contribution in [-0.2, 0) is 0 Å². The summed E-state index contributed by atoms with van der Waals surface area (Å²) in [4.78, 5) is 35.4. The Bertz CT molecular complexity index is 1020. The van der Waals surface area contributed by atoms with E-state index in [0.717, 1.165) is 6.07 Å². The standard InChI is InChI=1S/C18H14N2O5/c1-24-12-6-7-13-14(9-16(21)25-15(13)8-12)18(23)20-11-4-2-10(3-5-11)17(19)22/h2-9H,1H3,(H2,19,22)(H,20,23). The molecule has 2 amide bonds. The molecule has 0 aliphatic heterocycles. The monoisotopic (exact) mass is 338 g/mol. The molecular weight excluding hydrogens is 324 g/mol. The highest BCUT2D eigenvalue weighted by Gasteiger charge is 2.14. The van der Waals surface area contributed by atoms with Crippen molar-refractivity contribution in [2.24, 2.45) is 5.73 Å². The van der Waals surface area contributed by atoms with E-state index in [0.29, 0.717) is 22.4 Å². The molecule has 0 saturated heterocycles. The fraction of sp³-hybridized carbons (Fsp3) is 0.0556. The van der Waals surface area contributed by atoms with Crippen molar-refractivity contribution in [2.45, 2.75) is 0 Å². The molecule has 0 unspecified atom stereocenters. The Morgan fingerprint density at radius 2 is 1.80 bits per heavy atom. The van der Waals surface area contributed by atoms with E-state index in [-0.39, 0.29) is 11.1 Å². The van der Waals surface area contributed by atoms with Crippen molar-refractivity contribution >= 4 is 28.5 Å². The average molecular weight is 338 g/mol. The number of nitrogens with one attached hydrogen (secondary N) is 1. The molecule has 0 bridgehead atoms. The van der Waals surface area contributed by atoms with E-state index in [1.165, 1.54) is 25.3 Å². The maximum absolute atomic E-state index is 12.5. The lowest BCUT2D eigenvalue weighted by Crippen LogP contribution is -2.15. The van der Waals surface area contributed by atoms with Crippen LogP contribution in [0.25, 0.3) is 11.0 Å². The molecule has 7 heteroatoms. The van der Waals surface area contributed by atoms with Crippen molar-refractivity contribution in [2.75, 3.05) is 12.4 Å². The van der Waals surface area contributed by atoms with Crippen LogP contribution in [0.1, 0.15) is 20.7 Å². The van der Waals surface area contributed by atoms with Crippen molar-refractivity contribution in [3.8, 4) is 5.75 Å². The van der Waals surface area contributed by atoms with E-state index in [2.05, 4.69) is 5.32 Å². The topological polar surface area (TPSA) is 112 Å². The molecule has 0 aliphatic rings. The van der Waals surface area contributed by atoms with E-state index in [1.807, 2.05) is 0 Å². The zero-order valence-corrected chi connectivity index (χ0v) is 13.2. The van der Waals surface area contributed by atoms with Gasteiger partial charge in [0.25, 0.3) is 5.91 Å². The number of primary amides is 1. The van der Waals surface area contributed by atoms with Gasteiger partial charge in [-0.05, 0) is 36.4 Å². The second kappa shape index (κ2) is 6.48. The minimum absolute atomic E-state index is 0.174. The molecular formula is C18H14N2O5. The van der Waals surface area contributed by atoms with Crippen LogP contribution in [0.5, 0.6) is 5.75 Å². The number of hydrogen-bond acceptors (Lipinski definition) is 5. The summed E-state index contributed by atoms with van der Waals surface area (Å²) in [5.41, 5.74) is 5.75. The molecule has 2 aromatic carbocycles. The third-order valence-corrected chi connectivity index (χ3v) is 3.62. The van der Waals surface area contributed by atoms with Gasteiger partial charge in [-0.1, -0.05) is 0 Å². The first-order valence-corrected chi connectivity index (χ1v) is 7.31. The van der Waals surface area contributed by atoms with Gasteiger partial charge in [-0.3, -0.25) is 9.59 Å². The zero-order chi connectivity index (χ0) is 18.0. The molecule has 0 radical (unpaired) electrons. The fourth-order valence-corrected chi connectivity index (χ4v) is 2.37. The maximum Gasteiger partial charge on any atom is 0.337 e. The third kappa shape index (κ3) is 3.35. The number of amides is 2. The highest BCUT2D eigenvalue weighted by molar-refractivity contribution is 6.12. The lowest BCUT2D eigenvalue weighted by atomic mass is 10.1. The molecule has 7 nitrogen and oxygen atoms in total. The third-order valence-electron chi connectivity index (χ3n) is 3.62. The summed E-state index contributed by atoms with van der Waals surface area (Å²) in [5.74, 6) is -0.524. The van der Waals surface area contributed by atoms with E-state index in [1.54, 1.807) is 24.3 Å². The van der Waals surface area contributed by atoms with Crippen LogP contribution in [0.4, 0.5) is 5.69 Å². The summed E-state index contributed by atoms with van der Waals surface area (Å²) < 4.78 is 10.2. The zero-order valence-electron chi connectivity index (χ0n) is 13.2. The molecule has 126 valence electrons. The van der Waals surface area contributed by atoms with Crippen molar-refractivity contribution < 1.29 is 18.7 Å². The SMILES string of the molecule is COc1ccc2c(C(=O)Nc3ccc(C(N)=O)cc3)cc(=O)oc2c1. The molecule has 1 aromatic heterocycles. The van der Waals surface area contributed by atoms with Gasteiger partial charge in [0.05, 0.1) is 12.7 Å². The van der Waals surface area contributed by atoms with E-state index >= 15 is 0 Å². The molecule has 3 N–H and O–H groups in total. The van der Waals surface area contributed by atoms with Crippen molar-refractivity contribution in [3.63, 3.8) is 0 Å². The molecule has 0 saturated carbocycles. The second-order valence-corrected chi connectivity index (χ2v) is 5.24. The minimum atomic E-state index is -0.644. The predicted octanol–water partition coefficient (Wildman–Crippen LogP) is 2.15. The smallest absolute Gasteiger partial charge is 0.337 e. The Balaban J connectivity index is 1.96. The predicted molar refractivity (Wildman–Crippen MR) is 91.9 cm³/mol. The van der Waals surface area contributed by atoms with Gasteiger partial charge < -0.3 is 20.2 Å². The molecule has 0 aliphatic carbocycles. The normalized spacial score (nSPS) is 10.4. The maximum atomic E-state index is 12.5. The molecule has 0 fully saturated rings. The van der Waals surface area contributed by atoms with Gasteiger partial charge in [-0.15, -0.1) is 0 Å². The highest BCUT2D eigenvalue weighted by atomic mass is 16.5. The number of hydrogen-bond donors (Lipinski definition) is 2. The van der Waals surface area contributed by atoms with Gasteiger partial charge in [0.15, 0.2) is 0 Å². The van der Waals surface area contributed by atoms with Crippen LogP contribution in [-0.4, -0.2) is 18.9 Å². The average Bonchev–Trinajstić information content (AvgIpc) is 2.60. The fourth-order valence-electron chi connectivity index (χ4n) is 2.37. The highest BCUT2D eigenvalue weighted by Crippen LogP contribution is 2.23. The first-order valence-electron chi connectivity index (χ1n) is 7.31. The quantitative estimate of drug-likeness (QED) is 0.708. The minimum Gasteiger partial charge on any atom is -0.497 e. The van der Waals surface area contributed by atoms with Crippen LogP contribution in [0, 0.1) is 0 Å². The Morgan fingerprint density at radius 1 is 1.08 bits per heavy atom. The Hall–Kier alpha value is -3.61. The van der Waals surface area contributed by atoms with Crippen LogP contribution < -0.4 is 21.4 Å². The van der Waals surface area contributed by atoms with Crippen molar-refractivity contribution in [1.82, 2.24) is 0 Å². The van der Waals surface area contributed by atoms with E-state index in [4.69, 9.17) is 14.9 Å². The molecule has 1 heterocycles. The number of rotatable bonds is 4. The van der Waals surface area contributed by atoms with Gasteiger partial charge >= 0.3 is 5.63 Å². The Morgan fingerprint density at radius 3 is 2.44 bits per heavy atom. The molecule has 3 rings (SSSR count). The largest absolute Gasteiger partial charge is 0.497 e. The van der Waals surface area contributed by atoms with Gasteiger partial charge in [0, 0.05) is 28.8 Å². The Labute approximate surface area is 142 Å². The first kappa shape index (κ1) is 16.3. The van der Waals surface area contributed by atoms with E-state index < -0.39 is 17.4 Å². The van der Waals surface area contributed by atoms with Crippen LogP contribution in [0.15, 0.2) is 57.7 Å². The number of nitrogens with two attached hydrogens (primary N) is 1. The summed E-state index contributed by atoms with van der Waals surface area (Å²) in [6, 6.07) is 12.1. The summed E-state index contributed by atoms with van der Waals surface area (Å²) in [5, 5.41) is 3.15. The molecule has 0 atom stereocenters. The number of ether oxygens (including phenoxy) is 1. The van der Waals surface area contributed by atoms with Crippen molar-refractivity contribution in [3.05, 3.63) is 70.1 Å². The summed E-state index contributed by atoms with van der Waals surface area (Å²) in [6.45, 7) is 0. The van der Waals surface area contributed by atoms with Gasteiger partial charge in [-0.2, -0.15) is 0 Å². The van der Waals surface area contributed by atoms with Crippen LogP contribution in [0.3, 0.4) is 0 Å². The number of benzene rings is 2. The van der Waals surface area contributed by atoms with Crippen LogP contribution in [0.2, 0.25) is 0 Å². The number of methoxy groups -OCH3 is 1. The summed E-state index contributed by atoms with van der Waals surface area (Å²) >= 11 is 0. The number of carbonyl (C=O) groups excluding carboxylic acids is 2. The second-order valence-electron chi connectivity index (χ2n) is 5.24. The number of carbonyl (C=O) groups is 2. The van der Waals surface area contributed by atoms with Gasteiger partial charge in [-0.25, -0.2) is 4.79 Å². The van der Waals surface area contributed by atoms with Crippen LogP contribution >= 0.6 is 0 Å². The van der Waals surface area contributed by atoms with Gasteiger partial charge in [0.1, 0.15) is 11.3 Å². The van der Waals surface area contributed by atoms with Gasteiger partial charge in [0.2, 0.25) is 5.91 Å². The lowest BCUT2D eigenvalue weighted by molar-refractivity contribution is 0.0998. The van der Waals surface area contributed by atoms with Crippen molar-refractivity contribution in [1.29, 1.82) is 0 Å². The molecule has 3 aromatic rings. The van der Waals surface area contributed by atoms with E-state index in [9.17, 15) is 14.4 Å². The Kier molecular flexibility index (Phi) is 4.21. The lowest BCUT2D eigenvalue weighted by Gasteiger charge is -2.08.